The number of carbonyl (C=O) groups excluding carboxylic acids is 1. The van der Waals surface area contributed by atoms with Crippen molar-refractivity contribution in [2.45, 2.75) is 25.2 Å². The number of aliphatic hydroxyl groups is 1. The highest BCUT2D eigenvalue weighted by Gasteiger charge is 2.36. The molecule has 4 nitrogen and oxygen atoms in total. The van der Waals surface area contributed by atoms with E-state index in [1.54, 1.807) is 6.07 Å². The van der Waals surface area contributed by atoms with Crippen molar-refractivity contribution in [2.75, 3.05) is 0 Å². The Morgan fingerprint density at radius 1 is 1.30 bits per heavy atom. The number of benzene rings is 1. The lowest BCUT2D eigenvalue weighted by Crippen LogP contribution is -2.21. The molecule has 20 heavy (non-hydrogen) atoms. The van der Waals surface area contributed by atoms with E-state index >= 15 is 0 Å². The molecule has 2 aromatic rings. The van der Waals surface area contributed by atoms with Gasteiger partial charge in [-0.25, -0.2) is 0 Å². The highest BCUT2D eigenvalue weighted by molar-refractivity contribution is 5.92. The van der Waals surface area contributed by atoms with E-state index in [1.165, 1.54) is 6.08 Å². The number of carbonyl (C=O) groups is 1. The van der Waals surface area contributed by atoms with Gasteiger partial charge in [0.15, 0.2) is 5.78 Å². The Morgan fingerprint density at radius 2 is 2.05 bits per heavy atom. The fourth-order valence-electron chi connectivity index (χ4n) is 2.74. The molecule has 1 aromatic carbocycles. The minimum atomic E-state index is -0.351. The van der Waals surface area contributed by atoms with Crippen molar-refractivity contribution < 1.29 is 14.4 Å². The van der Waals surface area contributed by atoms with Gasteiger partial charge in [0.05, 0.1) is 11.6 Å². The van der Waals surface area contributed by atoms with Gasteiger partial charge >= 0.3 is 0 Å². The van der Waals surface area contributed by atoms with E-state index in [1.807, 2.05) is 37.3 Å². The van der Waals surface area contributed by atoms with E-state index in [2.05, 4.69) is 5.16 Å². The molecule has 1 N–H and O–H groups in total. The van der Waals surface area contributed by atoms with Gasteiger partial charge in [-0.2, -0.15) is 0 Å². The smallest absolute Gasteiger partial charge is 0.159 e. The highest BCUT2D eigenvalue weighted by atomic mass is 16.5. The summed E-state index contributed by atoms with van der Waals surface area (Å²) in [6, 6.07) is 11.5. The summed E-state index contributed by atoms with van der Waals surface area (Å²) in [4.78, 5) is 11.8. The summed E-state index contributed by atoms with van der Waals surface area (Å²) in [6.07, 6.45) is 1.65. The first-order valence-corrected chi connectivity index (χ1v) is 6.56. The van der Waals surface area contributed by atoms with Crippen LogP contribution in [0.3, 0.4) is 0 Å². The maximum absolute atomic E-state index is 11.8. The Balaban J connectivity index is 2.06. The van der Waals surface area contributed by atoms with Gasteiger partial charge in [-0.1, -0.05) is 35.5 Å². The molecule has 1 heterocycles. The lowest BCUT2D eigenvalue weighted by molar-refractivity contribution is -0.115. The van der Waals surface area contributed by atoms with Gasteiger partial charge in [-0.15, -0.1) is 0 Å². The van der Waals surface area contributed by atoms with Crippen molar-refractivity contribution in [1.29, 1.82) is 0 Å². The Morgan fingerprint density at radius 3 is 2.70 bits per heavy atom. The van der Waals surface area contributed by atoms with E-state index in [9.17, 15) is 9.90 Å². The van der Waals surface area contributed by atoms with Crippen LogP contribution in [-0.2, 0) is 4.79 Å². The van der Waals surface area contributed by atoms with Crippen LogP contribution in [0, 0.1) is 6.92 Å². The van der Waals surface area contributed by atoms with Gasteiger partial charge in [0, 0.05) is 24.5 Å². The molecule has 0 saturated heterocycles. The first kappa shape index (κ1) is 12.7. The second kappa shape index (κ2) is 4.96. The molecule has 0 radical (unpaired) electrons. The van der Waals surface area contributed by atoms with Crippen molar-refractivity contribution in [2.24, 2.45) is 0 Å². The van der Waals surface area contributed by atoms with Gasteiger partial charge < -0.3 is 9.63 Å². The number of aromatic nitrogens is 1. The van der Waals surface area contributed by atoms with E-state index in [0.29, 0.717) is 12.2 Å². The Labute approximate surface area is 116 Å². The van der Waals surface area contributed by atoms with Crippen molar-refractivity contribution in [3.8, 4) is 0 Å². The standard InChI is InChI=1S/C16H15NO3/c1-10-7-15(20-17-10)16-13(8-12(18)9-14(16)19)11-5-3-2-4-6-11/h2-7,9,13,16,19H,8H2,1H3. The van der Waals surface area contributed by atoms with Crippen molar-refractivity contribution >= 4 is 5.78 Å². The summed E-state index contributed by atoms with van der Waals surface area (Å²) < 4.78 is 5.30. The van der Waals surface area contributed by atoms with Crippen LogP contribution in [-0.4, -0.2) is 16.0 Å². The normalized spacial score (nSPS) is 22.6. The van der Waals surface area contributed by atoms with Gasteiger partial charge in [0.25, 0.3) is 0 Å². The summed E-state index contributed by atoms with van der Waals surface area (Å²) in [6.45, 7) is 1.83. The number of hydrogen-bond donors (Lipinski definition) is 1. The summed E-state index contributed by atoms with van der Waals surface area (Å²) in [5.41, 5.74) is 1.77. The maximum atomic E-state index is 11.8. The van der Waals surface area contributed by atoms with Crippen LogP contribution in [0.25, 0.3) is 0 Å². The van der Waals surface area contributed by atoms with Crippen molar-refractivity contribution in [1.82, 2.24) is 5.16 Å². The molecule has 1 aromatic heterocycles. The van der Waals surface area contributed by atoms with E-state index in [4.69, 9.17) is 4.52 Å². The predicted molar refractivity (Wildman–Crippen MR) is 73.5 cm³/mol. The molecule has 0 amide bonds. The van der Waals surface area contributed by atoms with Crippen LogP contribution in [0.1, 0.15) is 35.3 Å². The Kier molecular flexibility index (Phi) is 3.14. The van der Waals surface area contributed by atoms with Gasteiger partial charge in [0.1, 0.15) is 11.5 Å². The molecule has 4 heteroatoms. The summed E-state index contributed by atoms with van der Waals surface area (Å²) >= 11 is 0. The number of nitrogens with zero attached hydrogens (tertiary/aromatic N) is 1. The first-order chi connectivity index (χ1) is 9.65. The van der Waals surface area contributed by atoms with Crippen LogP contribution in [0.15, 0.2) is 52.8 Å². The summed E-state index contributed by atoms with van der Waals surface area (Å²) in [7, 11) is 0. The third-order valence-electron chi connectivity index (χ3n) is 3.63. The zero-order valence-electron chi connectivity index (χ0n) is 11.1. The number of aliphatic hydroxyl groups excluding tert-OH is 1. The van der Waals surface area contributed by atoms with Gasteiger partial charge in [-0.3, -0.25) is 4.79 Å². The predicted octanol–water partition coefficient (Wildman–Crippen LogP) is 3.27. The number of rotatable bonds is 2. The van der Waals surface area contributed by atoms with Crippen molar-refractivity contribution in [3.05, 3.63) is 65.3 Å². The third-order valence-corrected chi connectivity index (χ3v) is 3.63. The zero-order valence-corrected chi connectivity index (χ0v) is 11.1. The van der Waals surface area contributed by atoms with E-state index in [0.717, 1.165) is 11.3 Å². The number of aryl methyl sites for hydroxylation is 1. The monoisotopic (exact) mass is 269 g/mol. The fourth-order valence-corrected chi connectivity index (χ4v) is 2.74. The molecule has 0 bridgehead atoms. The molecule has 0 spiro atoms. The van der Waals surface area contributed by atoms with E-state index in [-0.39, 0.29) is 23.4 Å². The molecule has 3 rings (SSSR count). The molecule has 0 saturated carbocycles. The number of ketones is 1. The van der Waals surface area contributed by atoms with Crippen LogP contribution < -0.4 is 0 Å². The second-order valence-electron chi connectivity index (χ2n) is 5.11. The third kappa shape index (κ3) is 2.25. The van der Waals surface area contributed by atoms with Crippen LogP contribution in [0.5, 0.6) is 0 Å². The average Bonchev–Trinajstić information content (AvgIpc) is 2.85. The molecule has 102 valence electrons. The molecule has 2 unspecified atom stereocenters. The lowest BCUT2D eigenvalue weighted by atomic mass is 9.76. The largest absolute Gasteiger partial charge is 0.511 e. The molecular weight excluding hydrogens is 254 g/mol. The van der Waals surface area contributed by atoms with Gasteiger partial charge in [0.2, 0.25) is 0 Å². The SMILES string of the molecule is Cc1cc(C2C(O)=CC(=O)CC2c2ccccc2)on1. The zero-order chi connectivity index (χ0) is 14.1. The molecule has 0 aliphatic heterocycles. The minimum Gasteiger partial charge on any atom is -0.511 e. The maximum Gasteiger partial charge on any atom is 0.159 e. The second-order valence-corrected chi connectivity index (χ2v) is 5.11. The van der Waals surface area contributed by atoms with Crippen LogP contribution >= 0.6 is 0 Å². The minimum absolute atomic E-state index is 0.0475. The molecule has 1 aliphatic rings. The summed E-state index contributed by atoms with van der Waals surface area (Å²) in [5, 5.41) is 14.1. The number of hydrogen-bond acceptors (Lipinski definition) is 4. The Hall–Kier alpha value is -2.36. The fraction of sp³-hybridized carbons (Fsp3) is 0.250. The number of allylic oxidation sites excluding steroid dienone is 2. The highest BCUT2D eigenvalue weighted by Crippen LogP contribution is 2.42. The van der Waals surface area contributed by atoms with Crippen LogP contribution in [0.4, 0.5) is 0 Å². The van der Waals surface area contributed by atoms with Crippen LogP contribution in [0.2, 0.25) is 0 Å². The topological polar surface area (TPSA) is 63.3 Å². The Bertz CT molecular complexity index is 657. The first-order valence-electron chi connectivity index (χ1n) is 6.56. The molecule has 0 fully saturated rings. The lowest BCUT2D eigenvalue weighted by Gasteiger charge is -2.27. The van der Waals surface area contributed by atoms with Crippen molar-refractivity contribution in [3.63, 3.8) is 0 Å². The average molecular weight is 269 g/mol. The molecular formula is C16H15NO3. The summed E-state index contributed by atoms with van der Waals surface area (Å²) in [5.74, 6) is 0.102. The molecule has 2 atom stereocenters. The molecule has 1 aliphatic carbocycles. The van der Waals surface area contributed by atoms with E-state index < -0.39 is 0 Å². The quantitative estimate of drug-likeness (QED) is 0.908. The van der Waals surface area contributed by atoms with Gasteiger partial charge in [-0.05, 0) is 12.5 Å².